The van der Waals surface area contributed by atoms with Crippen molar-refractivity contribution in [2.24, 2.45) is 0 Å². The minimum absolute atomic E-state index is 0.0238. The van der Waals surface area contributed by atoms with Crippen LogP contribution >= 0.6 is 23.5 Å². The molecule has 5 aromatic rings. The first-order valence-electron chi connectivity index (χ1n) is 17.1. The topological polar surface area (TPSA) is 153 Å². The molecule has 14 nitrogen and oxygen atoms in total. The van der Waals surface area contributed by atoms with E-state index in [0.717, 1.165) is 0 Å². The van der Waals surface area contributed by atoms with Gasteiger partial charge in [0, 0.05) is 0 Å². The molecule has 0 aliphatic rings. The van der Waals surface area contributed by atoms with E-state index in [-0.39, 0.29) is 58.6 Å². The maximum absolute atomic E-state index is 13.6. The Hall–Kier alpha value is -4.45. The van der Waals surface area contributed by atoms with Gasteiger partial charge in [0.2, 0.25) is 0 Å². The van der Waals surface area contributed by atoms with Crippen LogP contribution in [0.4, 0.5) is 0 Å². The maximum Gasteiger partial charge on any atom is 0.587 e. The summed E-state index contributed by atoms with van der Waals surface area (Å²) in [6.45, 7) is -0.804. The van der Waals surface area contributed by atoms with Crippen LogP contribution in [0.2, 0.25) is 0 Å². The average molecular weight is 815 g/mol. The quantitative estimate of drug-likeness (QED) is 0.0384. The van der Waals surface area contributed by atoms with Crippen molar-refractivity contribution in [3.8, 4) is 28.7 Å². The van der Waals surface area contributed by atoms with E-state index in [1.807, 2.05) is 0 Å². The Kier molecular flexibility index (Phi) is 16.8. The van der Waals surface area contributed by atoms with Crippen molar-refractivity contribution in [3.05, 3.63) is 152 Å². The summed E-state index contributed by atoms with van der Waals surface area (Å²) in [6.07, 6.45) is 0. The summed E-state index contributed by atoms with van der Waals surface area (Å²) in [5, 5.41) is 0. The minimum Gasteiger partial charge on any atom is -0.404 e. The normalized spacial score (nSPS) is 11.8. The van der Waals surface area contributed by atoms with Crippen molar-refractivity contribution in [2.75, 3.05) is 52.9 Å². The molecule has 0 aliphatic carbocycles. The molecule has 55 heavy (non-hydrogen) atoms. The third-order valence-corrected chi connectivity index (χ3v) is 10.9. The number of hydrogen-bond donors (Lipinski definition) is 0. The smallest absolute Gasteiger partial charge is 0.404 e. The second-order valence-electron chi connectivity index (χ2n) is 10.9. The van der Waals surface area contributed by atoms with Crippen LogP contribution in [-0.4, -0.2) is 52.9 Å². The van der Waals surface area contributed by atoms with Crippen molar-refractivity contribution >= 4 is 23.5 Å². The largest absolute Gasteiger partial charge is 0.587 e. The van der Waals surface area contributed by atoms with Crippen molar-refractivity contribution in [1.29, 1.82) is 0 Å². The van der Waals surface area contributed by atoms with E-state index < -0.39 is 23.5 Å². The van der Waals surface area contributed by atoms with Crippen LogP contribution in [0.25, 0.3) is 0 Å². The molecule has 0 aromatic heterocycles. The molecule has 0 fully saturated rings. The van der Waals surface area contributed by atoms with E-state index in [4.69, 9.17) is 50.2 Å². The van der Waals surface area contributed by atoms with Gasteiger partial charge in [-0.15, -0.1) is 0 Å². The molecule has 0 N–H and O–H groups in total. The molecule has 0 heterocycles. The number of benzene rings is 5. The number of ether oxygens (including phenoxy) is 2. The lowest BCUT2D eigenvalue weighted by atomic mass is 10.3. The summed E-state index contributed by atoms with van der Waals surface area (Å²) in [5.74, 6) is 1.47. The SMILES string of the molecule is O=P(OCCOCCOP(=O)(Oc1ccccc1)Oc1ccccc1)(OCCOCCOP(=O)(Oc1ccccc1)Oc1ccccc1)Oc1ccccc1. The molecule has 5 aromatic carbocycles. The molecule has 5 rings (SSSR count). The van der Waals surface area contributed by atoms with Gasteiger partial charge in [-0.25, -0.2) is 13.7 Å². The minimum atomic E-state index is -4.15. The summed E-state index contributed by atoms with van der Waals surface area (Å²) in [5.41, 5.74) is 0. The van der Waals surface area contributed by atoms with E-state index in [1.54, 1.807) is 152 Å². The van der Waals surface area contributed by atoms with Crippen molar-refractivity contribution in [1.82, 2.24) is 0 Å². The standard InChI is InChI=1S/C38H41O14P3/c39-53(48-34-16-6-1-7-17-34,44-30-26-42-28-32-46-54(40,49-35-18-8-2-9-19-35)50-36-20-10-3-11-21-36)45-31-27-43-29-33-47-55(41,51-37-22-12-4-13-23-37)52-38-24-14-5-15-25-38/h1-25H,26-33H2. The summed E-state index contributed by atoms with van der Waals surface area (Å²) < 4.78 is 102. The van der Waals surface area contributed by atoms with Gasteiger partial charge < -0.3 is 32.1 Å². The molecule has 0 amide bonds. The molecular weight excluding hydrogens is 773 g/mol. The Bertz CT molecular complexity index is 1730. The van der Waals surface area contributed by atoms with E-state index in [1.165, 1.54) is 0 Å². The van der Waals surface area contributed by atoms with Crippen molar-refractivity contribution in [2.45, 2.75) is 0 Å². The fourth-order valence-electron chi connectivity index (χ4n) is 4.32. The first-order valence-corrected chi connectivity index (χ1v) is 21.5. The molecule has 0 spiro atoms. The third kappa shape index (κ3) is 15.7. The highest BCUT2D eigenvalue weighted by atomic mass is 31.2. The summed E-state index contributed by atoms with van der Waals surface area (Å²) in [6, 6.07) is 42.4. The first kappa shape index (κ1) is 41.7. The lowest BCUT2D eigenvalue weighted by Crippen LogP contribution is -2.14. The van der Waals surface area contributed by atoms with Gasteiger partial charge in [-0.2, -0.15) is 0 Å². The monoisotopic (exact) mass is 814 g/mol. The number of rotatable bonds is 26. The number of para-hydroxylation sites is 5. The highest BCUT2D eigenvalue weighted by Gasteiger charge is 2.32. The highest BCUT2D eigenvalue weighted by Crippen LogP contribution is 2.51. The maximum atomic E-state index is 13.6. The van der Waals surface area contributed by atoms with Gasteiger partial charge in [0.15, 0.2) is 0 Å². The summed E-state index contributed by atoms with van der Waals surface area (Å²) in [4.78, 5) is 0. The Morgan fingerprint density at radius 1 is 0.273 bits per heavy atom. The van der Waals surface area contributed by atoms with E-state index in [2.05, 4.69) is 0 Å². The van der Waals surface area contributed by atoms with E-state index in [9.17, 15) is 13.7 Å². The van der Waals surface area contributed by atoms with Crippen LogP contribution in [0, 0.1) is 0 Å². The molecule has 0 unspecified atom stereocenters. The Morgan fingerprint density at radius 3 is 0.709 bits per heavy atom. The van der Waals surface area contributed by atoms with E-state index in [0.29, 0.717) is 23.0 Å². The fraction of sp³-hybridized carbons (Fsp3) is 0.211. The number of hydrogen-bond acceptors (Lipinski definition) is 14. The average Bonchev–Trinajstić information content (AvgIpc) is 3.19. The summed E-state index contributed by atoms with van der Waals surface area (Å²) in [7, 11) is -12.3. The summed E-state index contributed by atoms with van der Waals surface area (Å²) >= 11 is 0. The van der Waals surface area contributed by atoms with Crippen LogP contribution in [-0.2, 0) is 41.3 Å². The first-order chi connectivity index (χ1) is 26.8. The zero-order valence-electron chi connectivity index (χ0n) is 29.6. The molecule has 0 saturated heterocycles. The van der Waals surface area contributed by atoms with Gasteiger partial charge in [-0.05, 0) is 60.7 Å². The Balaban J connectivity index is 1.04. The van der Waals surface area contributed by atoms with Crippen LogP contribution in [0.15, 0.2) is 152 Å². The van der Waals surface area contributed by atoms with Crippen LogP contribution in [0.5, 0.6) is 28.7 Å². The second-order valence-corrected chi connectivity index (χ2v) is 15.5. The Labute approximate surface area is 319 Å². The predicted octanol–water partition coefficient (Wildman–Crippen LogP) is 9.81. The molecule has 0 radical (unpaired) electrons. The molecule has 0 saturated carbocycles. The Morgan fingerprint density at radius 2 is 0.473 bits per heavy atom. The molecular formula is C38H41O14P3. The van der Waals surface area contributed by atoms with Gasteiger partial charge in [0.1, 0.15) is 28.7 Å². The van der Waals surface area contributed by atoms with Gasteiger partial charge in [-0.3, -0.25) is 18.1 Å². The van der Waals surface area contributed by atoms with Gasteiger partial charge in [0.25, 0.3) is 0 Å². The second kappa shape index (κ2) is 22.2. The van der Waals surface area contributed by atoms with Crippen LogP contribution < -0.4 is 22.6 Å². The zero-order chi connectivity index (χ0) is 38.5. The molecule has 0 aliphatic heterocycles. The van der Waals surface area contributed by atoms with Crippen LogP contribution in [0.1, 0.15) is 0 Å². The lowest BCUT2D eigenvalue weighted by Gasteiger charge is -2.20. The van der Waals surface area contributed by atoms with Crippen molar-refractivity contribution < 1.29 is 63.9 Å². The van der Waals surface area contributed by atoms with Gasteiger partial charge in [-0.1, -0.05) is 91.0 Å². The van der Waals surface area contributed by atoms with Gasteiger partial charge >= 0.3 is 23.5 Å². The lowest BCUT2D eigenvalue weighted by molar-refractivity contribution is 0.0429. The molecule has 0 bridgehead atoms. The van der Waals surface area contributed by atoms with E-state index >= 15 is 0 Å². The van der Waals surface area contributed by atoms with Gasteiger partial charge in [0.05, 0.1) is 52.9 Å². The third-order valence-electron chi connectivity index (χ3n) is 6.71. The molecule has 292 valence electrons. The molecule has 17 heteroatoms. The molecule has 0 atom stereocenters. The predicted molar refractivity (Wildman–Crippen MR) is 204 cm³/mol. The number of phosphoric ester groups is 3. The van der Waals surface area contributed by atoms with Crippen molar-refractivity contribution in [3.63, 3.8) is 0 Å². The highest BCUT2D eigenvalue weighted by molar-refractivity contribution is 7.49. The number of phosphoric acid groups is 3. The fourth-order valence-corrected chi connectivity index (χ4v) is 7.88. The van der Waals surface area contributed by atoms with Crippen LogP contribution in [0.3, 0.4) is 0 Å². The zero-order valence-corrected chi connectivity index (χ0v) is 32.3.